The van der Waals surface area contributed by atoms with Crippen LogP contribution in [0.25, 0.3) is 0 Å². The maximum absolute atomic E-state index is 11.9. The largest absolute Gasteiger partial charge is 0.462 e. The molecule has 140 valence electrons. The van der Waals surface area contributed by atoms with Gasteiger partial charge >= 0.3 is 5.97 Å². The highest BCUT2D eigenvalue weighted by Gasteiger charge is 2.32. The van der Waals surface area contributed by atoms with Crippen molar-refractivity contribution >= 4 is 5.97 Å². The zero-order valence-corrected chi connectivity index (χ0v) is 16.2. The van der Waals surface area contributed by atoms with Gasteiger partial charge in [-0.3, -0.25) is 4.79 Å². The third-order valence-electron chi connectivity index (χ3n) is 6.47. The fourth-order valence-electron chi connectivity index (χ4n) is 4.91. The van der Waals surface area contributed by atoms with Crippen molar-refractivity contribution in [2.24, 2.45) is 17.8 Å². The van der Waals surface area contributed by atoms with E-state index in [9.17, 15) is 4.79 Å². The van der Waals surface area contributed by atoms with Crippen LogP contribution < -0.4 is 0 Å². The van der Waals surface area contributed by atoms with Crippen molar-refractivity contribution < 1.29 is 9.53 Å². The molecule has 0 radical (unpaired) electrons. The molecular weight excluding hydrogens is 296 g/mol. The SMILES string of the molecule is CCCCC[C@H]1CC[C@@H]([C@@H]2CCC[C@@H](OC(=O)CCCC)C2)CC1. The Morgan fingerprint density at radius 2 is 1.62 bits per heavy atom. The third kappa shape index (κ3) is 6.76. The Morgan fingerprint density at radius 1 is 0.875 bits per heavy atom. The van der Waals surface area contributed by atoms with Crippen molar-refractivity contribution in [3.05, 3.63) is 0 Å². The van der Waals surface area contributed by atoms with Gasteiger partial charge in [0.1, 0.15) is 6.10 Å². The molecule has 0 aliphatic heterocycles. The number of esters is 1. The lowest BCUT2D eigenvalue weighted by molar-refractivity contribution is -0.151. The lowest BCUT2D eigenvalue weighted by atomic mass is 9.70. The lowest BCUT2D eigenvalue weighted by Crippen LogP contribution is -2.31. The number of rotatable bonds is 9. The van der Waals surface area contributed by atoms with Gasteiger partial charge in [0.05, 0.1) is 0 Å². The van der Waals surface area contributed by atoms with Crippen molar-refractivity contribution in [2.75, 3.05) is 0 Å². The van der Waals surface area contributed by atoms with Crippen molar-refractivity contribution in [3.8, 4) is 0 Å². The van der Waals surface area contributed by atoms with Gasteiger partial charge in [-0.25, -0.2) is 0 Å². The van der Waals surface area contributed by atoms with Crippen molar-refractivity contribution in [3.63, 3.8) is 0 Å². The molecule has 0 bridgehead atoms. The molecule has 0 N–H and O–H groups in total. The summed E-state index contributed by atoms with van der Waals surface area (Å²) in [6, 6.07) is 0. The predicted molar refractivity (Wildman–Crippen MR) is 101 cm³/mol. The Hall–Kier alpha value is -0.530. The summed E-state index contributed by atoms with van der Waals surface area (Å²) in [5, 5.41) is 0. The smallest absolute Gasteiger partial charge is 0.306 e. The summed E-state index contributed by atoms with van der Waals surface area (Å²) in [7, 11) is 0. The van der Waals surface area contributed by atoms with Crippen LogP contribution in [0, 0.1) is 17.8 Å². The summed E-state index contributed by atoms with van der Waals surface area (Å²) in [4.78, 5) is 11.9. The molecule has 2 saturated carbocycles. The second-order valence-corrected chi connectivity index (χ2v) is 8.42. The van der Waals surface area contributed by atoms with Gasteiger partial charge < -0.3 is 4.74 Å². The molecule has 2 fully saturated rings. The molecule has 0 aromatic carbocycles. The quantitative estimate of drug-likeness (QED) is 0.347. The number of carbonyl (C=O) groups is 1. The fraction of sp³-hybridized carbons (Fsp3) is 0.955. The number of carbonyl (C=O) groups excluding carboxylic acids is 1. The second kappa shape index (κ2) is 11.2. The molecule has 0 aromatic heterocycles. The van der Waals surface area contributed by atoms with E-state index < -0.39 is 0 Å². The number of hydrogen-bond donors (Lipinski definition) is 0. The highest BCUT2D eigenvalue weighted by Crippen LogP contribution is 2.41. The predicted octanol–water partition coefficient (Wildman–Crippen LogP) is 6.67. The molecule has 2 aliphatic carbocycles. The van der Waals surface area contributed by atoms with Crippen LogP contribution in [-0.4, -0.2) is 12.1 Å². The van der Waals surface area contributed by atoms with Gasteiger partial charge in [0.15, 0.2) is 0 Å². The number of hydrogen-bond acceptors (Lipinski definition) is 2. The van der Waals surface area contributed by atoms with Gasteiger partial charge in [-0.15, -0.1) is 0 Å². The van der Waals surface area contributed by atoms with Crippen molar-refractivity contribution in [2.45, 2.75) is 116 Å². The summed E-state index contributed by atoms with van der Waals surface area (Å²) >= 11 is 0. The minimum Gasteiger partial charge on any atom is -0.462 e. The second-order valence-electron chi connectivity index (χ2n) is 8.42. The Balaban J connectivity index is 1.68. The van der Waals surface area contributed by atoms with E-state index in [4.69, 9.17) is 4.74 Å². The summed E-state index contributed by atoms with van der Waals surface area (Å²) in [5.74, 6) is 2.77. The number of ether oxygens (including phenoxy) is 1. The van der Waals surface area contributed by atoms with Crippen LogP contribution >= 0.6 is 0 Å². The molecule has 0 spiro atoms. The molecule has 2 aliphatic rings. The van der Waals surface area contributed by atoms with E-state index in [0.717, 1.165) is 43.4 Å². The summed E-state index contributed by atoms with van der Waals surface area (Å²) in [6.45, 7) is 4.42. The Kier molecular flexibility index (Phi) is 9.20. The van der Waals surface area contributed by atoms with Crippen molar-refractivity contribution in [1.29, 1.82) is 0 Å². The van der Waals surface area contributed by atoms with Gasteiger partial charge in [0.2, 0.25) is 0 Å². The average Bonchev–Trinajstić information content (AvgIpc) is 2.61. The van der Waals surface area contributed by atoms with Crippen molar-refractivity contribution in [1.82, 2.24) is 0 Å². The first-order valence-corrected chi connectivity index (χ1v) is 10.9. The van der Waals surface area contributed by atoms with E-state index in [0.29, 0.717) is 6.42 Å². The van der Waals surface area contributed by atoms with Gasteiger partial charge in [-0.1, -0.05) is 58.8 Å². The maximum atomic E-state index is 11.9. The van der Waals surface area contributed by atoms with E-state index >= 15 is 0 Å². The van der Waals surface area contributed by atoms with E-state index in [-0.39, 0.29) is 12.1 Å². The van der Waals surface area contributed by atoms with Gasteiger partial charge in [-0.2, -0.15) is 0 Å². The minimum atomic E-state index is 0.0436. The van der Waals surface area contributed by atoms with Crippen LogP contribution in [0.4, 0.5) is 0 Å². The third-order valence-corrected chi connectivity index (χ3v) is 6.47. The van der Waals surface area contributed by atoms with Crippen LogP contribution in [0.3, 0.4) is 0 Å². The minimum absolute atomic E-state index is 0.0436. The van der Waals surface area contributed by atoms with Gasteiger partial charge in [-0.05, 0) is 62.7 Å². The first-order chi connectivity index (χ1) is 11.7. The Labute approximate surface area is 150 Å². The topological polar surface area (TPSA) is 26.3 Å². The molecule has 0 unspecified atom stereocenters. The zero-order chi connectivity index (χ0) is 17.2. The average molecular weight is 337 g/mol. The fourth-order valence-corrected chi connectivity index (χ4v) is 4.91. The maximum Gasteiger partial charge on any atom is 0.306 e. The van der Waals surface area contributed by atoms with E-state index in [2.05, 4.69) is 13.8 Å². The summed E-state index contributed by atoms with van der Waals surface area (Å²) in [6.07, 6.45) is 19.1. The normalized spacial score (nSPS) is 30.9. The van der Waals surface area contributed by atoms with Crippen LogP contribution in [0.1, 0.15) is 110 Å². The van der Waals surface area contributed by atoms with Crippen LogP contribution in [0.2, 0.25) is 0 Å². The Morgan fingerprint density at radius 3 is 2.33 bits per heavy atom. The first-order valence-electron chi connectivity index (χ1n) is 10.9. The van der Waals surface area contributed by atoms with E-state index in [1.54, 1.807) is 0 Å². The molecule has 2 nitrogen and oxygen atoms in total. The van der Waals surface area contributed by atoms with Gasteiger partial charge in [0, 0.05) is 6.42 Å². The molecule has 24 heavy (non-hydrogen) atoms. The lowest BCUT2D eigenvalue weighted by Gasteiger charge is -2.38. The highest BCUT2D eigenvalue weighted by atomic mass is 16.5. The van der Waals surface area contributed by atoms with E-state index in [1.807, 2.05) is 0 Å². The molecule has 2 heteroatoms. The number of unbranched alkanes of at least 4 members (excludes halogenated alkanes) is 3. The van der Waals surface area contributed by atoms with Gasteiger partial charge in [0.25, 0.3) is 0 Å². The Bertz CT molecular complexity index is 344. The summed E-state index contributed by atoms with van der Waals surface area (Å²) in [5.41, 5.74) is 0. The molecule has 0 amide bonds. The van der Waals surface area contributed by atoms with E-state index in [1.165, 1.54) is 64.2 Å². The highest BCUT2D eigenvalue weighted by molar-refractivity contribution is 5.69. The zero-order valence-electron chi connectivity index (χ0n) is 16.2. The molecule has 0 saturated heterocycles. The van der Waals surface area contributed by atoms with Crippen LogP contribution in [0.5, 0.6) is 0 Å². The molecule has 0 aromatic rings. The van der Waals surface area contributed by atoms with Crippen LogP contribution in [0.15, 0.2) is 0 Å². The molecule has 2 atom stereocenters. The first kappa shape index (κ1) is 19.8. The summed E-state index contributed by atoms with van der Waals surface area (Å²) < 4.78 is 5.76. The molecular formula is C22H40O2. The molecule has 0 heterocycles. The van der Waals surface area contributed by atoms with Crippen LogP contribution in [-0.2, 0) is 9.53 Å². The molecule has 2 rings (SSSR count). The standard InChI is InChI=1S/C22H40O2/c1-3-5-7-9-18-13-15-19(16-14-18)20-10-8-11-21(17-20)24-22(23)12-6-4-2/h18-21H,3-17H2,1-2H3/t18-,19+,20-,21-/m1/s1. The monoisotopic (exact) mass is 336 g/mol.